The fraction of sp³-hybridized carbons (Fsp3) is 0.333. The minimum atomic E-state index is -4.76. The van der Waals surface area contributed by atoms with Crippen LogP contribution in [0, 0.1) is 0 Å². The zero-order valence-corrected chi connectivity index (χ0v) is 8.87. The smallest absolute Gasteiger partial charge is 0.200 e. The molecule has 0 aromatic heterocycles. The first kappa shape index (κ1) is 12.4. The summed E-state index contributed by atoms with van der Waals surface area (Å²) in [6, 6.07) is 3.66. The van der Waals surface area contributed by atoms with Crippen LogP contribution in [0.25, 0.3) is 0 Å². The zero-order valence-electron chi connectivity index (χ0n) is 7.28. The van der Waals surface area contributed by atoms with Crippen LogP contribution in [-0.2, 0) is 12.1 Å². The van der Waals surface area contributed by atoms with Crippen molar-refractivity contribution in [2.75, 3.05) is 5.33 Å². The SMILES string of the molecule is FC(F)(F)c1ccccc1C(F)(F)CBr. The molecule has 0 bridgehead atoms. The summed E-state index contributed by atoms with van der Waals surface area (Å²) in [5.74, 6) is -3.52. The third-order valence-electron chi connectivity index (χ3n) is 1.79. The van der Waals surface area contributed by atoms with Gasteiger partial charge in [0.05, 0.1) is 10.9 Å². The minimum Gasteiger partial charge on any atom is -0.200 e. The molecule has 0 nitrogen and oxygen atoms in total. The summed E-state index contributed by atoms with van der Waals surface area (Å²) in [6.45, 7) is 0. The Morgan fingerprint density at radius 3 is 1.80 bits per heavy atom. The van der Waals surface area contributed by atoms with Gasteiger partial charge in [0.1, 0.15) is 0 Å². The zero-order chi connectivity index (χ0) is 11.7. The highest BCUT2D eigenvalue weighted by Crippen LogP contribution is 2.39. The van der Waals surface area contributed by atoms with E-state index in [1.807, 2.05) is 0 Å². The average Bonchev–Trinajstić information content (AvgIpc) is 2.16. The van der Waals surface area contributed by atoms with E-state index in [1.54, 1.807) is 0 Å². The molecule has 0 aliphatic carbocycles. The Morgan fingerprint density at radius 2 is 1.40 bits per heavy atom. The summed E-state index contributed by atoms with van der Waals surface area (Å²) >= 11 is 2.49. The van der Waals surface area contributed by atoms with Crippen molar-refractivity contribution in [3.05, 3.63) is 35.4 Å². The van der Waals surface area contributed by atoms with Crippen molar-refractivity contribution in [3.8, 4) is 0 Å². The Bertz CT molecular complexity index is 345. The predicted octanol–water partition coefficient (Wildman–Crippen LogP) is 4.19. The van der Waals surface area contributed by atoms with Crippen LogP contribution in [0.4, 0.5) is 22.0 Å². The van der Waals surface area contributed by atoms with Gasteiger partial charge in [-0.2, -0.15) is 13.2 Å². The van der Waals surface area contributed by atoms with Crippen LogP contribution in [0.5, 0.6) is 0 Å². The second-order valence-corrected chi connectivity index (χ2v) is 3.44. The lowest BCUT2D eigenvalue weighted by molar-refractivity contribution is -0.141. The fourth-order valence-corrected chi connectivity index (χ4v) is 1.42. The highest BCUT2D eigenvalue weighted by atomic mass is 79.9. The summed E-state index contributed by atoms with van der Waals surface area (Å²) in [4.78, 5) is 0. The van der Waals surface area contributed by atoms with Crippen LogP contribution in [-0.4, -0.2) is 5.33 Å². The van der Waals surface area contributed by atoms with Gasteiger partial charge in [0, 0.05) is 5.56 Å². The molecular formula is C9H6BrF5. The molecule has 0 amide bonds. The number of halogens is 6. The predicted molar refractivity (Wildman–Crippen MR) is 49.1 cm³/mol. The topological polar surface area (TPSA) is 0 Å². The first-order valence-electron chi connectivity index (χ1n) is 3.89. The first-order valence-corrected chi connectivity index (χ1v) is 5.01. The second-order valence-electron chi connectivity index (χ2n) is 2.88. The summed E-state index contributed by atoms with van der Waals surface area (Å²) in [7, 11) is 0. The molecule has 1 rings (SSSR count). The lowest BCUT2D eigenvalue weighted by Crippen LogP contribution is -2.21. The van der Waals surface area contributed by atoms with E-state index in [2.05, 4.69) is 15.9 Å². The van der Waals surface area contributed by atoms with E-state index >= 15 is 0 Å². The van der Waals surface area contributed by atoms with Crippen LogP contribution >= 0.6 is 15.9 Å². The molecule has 0 atom stereocenters. The normalized spacial score (nSPS) is 12.9. The van der Waals surface area contributed by atoms with Gasteiger partial charge in [-0.3, -0.25) is 0 Å². The molecule has 0 fully saturated rings. The molecule has 84 valence electrons. The van der Waals surface area contributed by atoms with Gasteiger partial charge in [-0.05, 0) is 6.07 Å². The van der Waals surface area contributed by atoms with Gasteiger partial charge in [0.2, 0.25) is 0 Å². The minimum absolute atomic E-state index is 0.645. The van der Waals surface area contributed by atoms with Crippen molar-refractivity contribution >= 4 is 15.9 Å². The van der Waals surface area contributed by atoms with Gasteiger partial charge in [-0.1, -0.05) is 34.1 Å². The molecule has 1 aromatic rings. The van der Waals surface area contributed by atoms with Crippen molar-refractivity contribution in [2.24, 2.45) is 0 Å². The molecule has 0 unspecified atom stereocenters. The van der Waals surface area contributed by atoms with E-state index in [9.17, 15) is 22.0 Å². The van der Waals surface area contributed by atoms with E-state index in [0.29, 0.717) is 6.07 Å². The number of benzene rings is 1. The Labute approximate surface area is 91.2 Å². The van der Waals surface area contributed by atoms with E-state index in [4.69, 9.17) is 0 Å². The number of alkyl halides is 6. The maximum Gasteiger partial charge on any atom is 0.416 e. The molecule has 0 aliphatic heterocycles. The van der Waals surface area contributed by atoms with Crippen LogP contribution in [0.2, 0.25) is 0 Å². The first-order chi connectivity index (χ1) is 6.79. The van der Waals surface area contributed by atoms with E-state index in [1.165, 1.54) is 0 Å². The van der Waals surface area contributed by atoms with Gasteiger partial charge in [0.15, 0.2) is 0 Å². The molecule has 0 aliphatic rings. The summed E-state index contributed by atoms with van der Waals surface area (Å²) < 4.78 is 63.4. The van der Waals surface area contributed by atoms with Crippen LogP contribution in [0.3, 0.4) is 0 Å². The Morgan fingerprint density at radius 1 is 0.933 bits per heavy atom. The summed E-state index contributed by atoms with van der Waals surface area (Å²) in [5, 5.41) is -0.840. The van der Waals surface area contributed by atoms with Gasteiger partial charge in [-0.15, -0.1) is 0 Å². The fourth-order valence-electron chi connectivity index (χ4n) is 1.12. The molecule has 1 aromatic carbocycles. The quantitative estimate of drug-likeness (QED) is 0.565. The van der Waals surface area contributed by atoms with Crippen LogP contribution in [0.1, 0.15) is 11.1 Å². The van der Waals surface area contributed by atoms with Crippen LogP contribution < -0.4 is 0 Å². The molecular weight excluding hydrogens is 283 g/mol. The van der Waals surface area contributed by atoms with Crippen molar-refractivity contribution in [2.45, 2.75) is 12.1 Å². The second kappa shape index (κ2) is 4.08. The van der Waals surface area contributed by atoms with E-state index in [-0.39, 0.29) is 0 Å². The van der Waals surface area contributed by atoms with Gasteiger partial charge < -0.3 is 0 Å². The molecule has 0 saturated carbocycles. The maximum absolute atomic E-state index is 13.1. The standard InChI is InChI=1S/C9H6BrF5/c10-5-8(11,12)6-3-1-2-4-7(6)9(13,14)15/h1-4H,5H2. The molecule has 0 N–H and O–H groups in total. The summed E-state index contributed by atoms with van der Waals surface area (Å²) in [5.41, 5.74) is -2.30. The van der Waals surface area contributed by atoms with Crippen molar-refractivity contribution < 1.29 is 22.0 Å². The molecule has 15 heavy (non-hydrogen) atoms. The van der Waals surface area contributed by atoms with E-state index < -0.39 is 28.6 Å². The van der Waals surface area contributed by atoms with Crippen molar-refractivity contribution in [3.63, 3.8) is 0 Å². The van der Waals surface area contributed by atoms with E-state index in [0.717, 1.165) is 18.2 Å². The molecule has 0 saturated heterocycles. The lowest BCUT2D eigenvalue weighted by atomic mass is 10.0. The Hall–Kier alpha value is -0.650. The highest BCUT2D eigenvalue weighted by molar-refractivity contribution is 9.09. The largest absolute Gasteiger partial charge is 0.416 e. The Kier molecular flexibility index (Phi) is 3.38. The average molecular weight is 289 g/mol. The summed E-state index contributed by atoms with van der Waals surface area (Å²) in [6.07, 6.45) is -4.76. The van der Waals surface area contributed by atoms with Crippen molar-refractivity contribution in [1.29, 1.82) is 0 Å². The third-order valence-corrected chi connectivity index (χ3v) is 2.50. The number of hydrogen-bond acceptors (Lipinski definition) is 0. The van der Waals surface area contributed by atoms with Crippen molar-refractivity contribution in [1.82, 2.24) is 0 Å². The Balaban J connectivity index is 3.31. The monoisotopic (exact) mass is 288 g/mol. The van der Waals surface area contributed by atoms with Crippen LogP contribution in [0.15, 0.2) is 24.3 Å². The highest BCUT2D eigenvalue weighted by Gasteiger charge is 2.41. The molecule has 0 radical (unpaired) electrons. The van der Waals surface area contributed by atoms with Gasteiger partial charge in [-0.25, -0.2) is 8.78 Å². The molecule has 6 heteroatoms. The maximum atomic E-state index is 13.1. The lowest BCUT2D eigenvalue weighted by Gasteiger charge is -2.19. The van der Waals surface area contributed by atoms with Gasteiger partial charge >= 0.3 is 6.18 Å². The third kappa shape index (κ3) is 2.68. The van der Waals surface area contributed by atoms with Gasteiger partial charge in [0.25, 0.3) is 5.92 Å². The number of rotatable bonds is 2. The molecule has 0 spiro atoms. The number of hydrogen-bond donors (Lipinski definition) is 0. The molecule has 0 heterocycles.